The average molecular weight is 623 g/mol. The number of carbonyl (C=O) groups excluding carboxylic acids is 1. The van der Waals surface area contributed by atoms with E-state index in [2.05, 4.69) is 4.99 Å². The lowest BCUT2D eigenvalue weighted by atomic mass is 9.68. The number of fused-ring (bicyclic) bond motifs is 3. The zero-order valence-corrected chi connectivity index (χ0v) is 23.0. The number of hydrogen-bond acceptors (Lipinski definition) is 4. The highest BCUT2D eigenvalue weighted by Crippen LogP contribution is 2.57. The van der Waals surface area contributed by atoms with E-state index in [1.54, 1.807) is 0 Å². The molecule has 1 aliphatic heterocycles. The van der Waals surface area contributed by atoms with E-state index in [4.69, 9.17) is 0 Å². The highest BCUT2D eigenvalue weighted by atomic mass is 32.2. The van der Waals surface area contributed by atoms with Gasteiger partial charge in [-0.3, -0.25) is 9.79 Å². The van der Waals surface area contributed by atoms with E-state index in [9.17, 15) is 48.3 Å². The summed E-state index contributed by atoms with van der Waals surface area (Å²) in [6.07, 6.45) is -10.0. The Bertz CT molecular complexity index is 1520. The van der Waals surface area contributed by atoms with Gasteiger partial charge in [-0.2, -0.15) is 26.3 Å². The van der Waals surface area contributed by atoms with Crippen LogP contribution in [0.1, 0.15) is 48.8 Å². The first-order valence-electron chi connectivity index (χ1n) is 13.2. The fourth-order valence-corrected chi connectivity index (χ4v) is 9.15. The predicted octanol–water partition coefficient (Wildman–Crippen LogP) is 6.20. The molecule has 5 rings (SSSR count). The Labute approximate surface area is 236 Å². The Kier molecular flexibility index (Phi) is 7.06. The third-order valence-electron chi connectivity index (χ3n) is 8.98. The molecule has 42 heavy (non-hydrogen) atoms. The van der Waals surface area contributed by atoms with E-state index >= 15 is 0 Å². The smallest absolute Gasteiger partial charge is 0.337 e. The molecule has 1 saturated heterocycles. The van der Waals surface area contributed by atoms with Gasteiger partial charge >= 0.3 is 18.0 Å². The first-order chi connectivity index (χ1) is 19.5. The van der Waals surface area contributed by atoms with Crippen molar-refractivity contribution in [1.82, 2.24) is 4.90 Å². The van der Waals surface area contributed by atoms with Crippen LogP contribution >= 0.6 is 0 Å². The van der Waals surface area contributed by atoms with E-state index in [-0.39, 0.29) is 47.7 Å². The van der Waals surface area contributed by atoms with Crippen molar-refractivity contribution >= 4 is 22.0 Å². The van der Waals surface area contributed by atoms with Gasteiger partial charge in [0.15, 0.2) is 9.84 Å². The molecule has 0 bridgehead atoms. The summed E-state index contributed by atoms with van der Waals surface area (Å²) in [5, 5.41) is 0. The highest BCUT2D eigenvalue weighted by Gasteiger charge is 2.74. The quantitative estimate of drug-likeness (QED) is 0.227. The number of benzene rings is 2. The number of halogens is 8. The number of sulfone groups is 1. The van der Waals surface area contributed by atoms with Crippen molar-refractivity contribution in [2.45, 2.75) is 72.2 Å². The van der Waals surface area contributed by atoms with E-state index in [0.29, 0.717) is 25.0 Å². The zero-order valence-electron chi connectivity index (χ0n) is 22.2. The lowest BCUT2D eigenvalue weighted by Crippen LogP contribution is -2.56. The number of nitrogens with zero attached hydrogens (tertiary/aromatic N) is 2. The molecular formula is C28H26F8N2O3S. The van der Waals surface area contributed by atoms with Gasteiger partial charge in [-0.25, -0.2) is 17.2 Å². The Morgan fingerprint density at radius 3 is 2.12 bits per heavy atom. The molecule has 2 aliphatic carbocycles. The summed E-state index contributed by atoms with van der Waals surface area (Å²) in [4.78, 5) is 19.0. The molecule has 0 spiro atoms. The molecule has 2 aromatic rings. The van der Waals surface area contributed by atoms with Crippen molar-refractivity contribution < 1.29 is 48.3 Å². The van der Waals surface area contributed by atoms with Crippen molar-refractivity contribution in [3.8, 4) is 0 Å². The van der Waals surface area contributed by atoms with Crippen LogP contribution in [-0.4, -0.2) is 57.4 Å². The zero-order chi connectivity index (χ0) is 30.9. The normalized spacial score (nSPS) is 24.3. The molecule has 0 unspecified atom stereocenters. The molecule has 1 amide bonds. The molecule has 2 fully saturated rings. The minimum atomic E-state index is -6.34. The van der Waals surface area contributed by atoms with Crippen molar-refractivity contribution in [3.63, 3.8) is 0 Å². The van der Waals surface area contributed by atoms with E-state index in [1.165, 1.54) is 18.2 Å². The molecule has 2 aromatic carbocycles. The summed E-state index contributed by atoms with van der Waals surface area (Å²) in [5.74, 6) is -1.10. The van der Waals surface area contributed by atoms with Crippen molar-refractivity contribution in [3.05, 3.63) is 65.0 Å². The molecule has 14 heteroatoms. The summed E-state index contributed by atoms with van der Waals surface area (Å²) >= 11 is 0. The summed E-state index contributed by atoms with van der Waals surface area (Å²) in [6, 6.07) is 4.34. The molecule has 5 nitrogen and oxygen atoms in total. The van der Waals surface area contributed by atoms with Crippen LogP contribution in [0, 0.1) is 11.2 Å². The van der Waals surface area contributed by atoms with E-state index in [0.717, 1.165) is 36.8 Å². The minimum Gasteiger partial charge on any atom is -0.337 e. The molecule has 0 N–H and O–H groups in total. The van der Waals surface area contributed by atoms with Crippen LogP contribution in [0.5, 0.6) is 0 Å². The van der Waals surface area contributed by atoms with Gasteiger partial charge in [-0.1, -0.05) is 24.6 Å². The van der Waals surface area contributed by atoms with Gasteiger partial charge in [-0.05, 0) is 67.5 Å². The highest BCUT2D eigenvalue weighted by molar-refractivity contribution is 7.92. The molecular weight excluding hydrogens is 596 g/mol. The van der Waals surface area contributed by atoms with Crippen molar-refractivity contribution in [2.24, 2.45) is 10.4 Å². The number of amides is 1. The van der Waals surface area contributed by atoms with Gasteiger partial charge in [0.2, 0.25) is 5.91 Å². The Morgan fingerprint density at radius 2 is 1.60 bits per heavy atom. The number of aryl methyl sites for hydroxylation is 1. The number of alkyl halides is 7. The standard InChI is InChI=1S/C28H26F8N2O3S/c1-37-16-24(11-2-12-24)23(39)38-14-13-25(42(40,41)20-7-5-19(29)6-8-20)21-9-4-18(15-17(21)3-10-22(25)38)26(30,27(31,32)33)28(34,35)36/h4-9,15-16,22H,2-3,10-14H2,1H3/t22-,25-/m0/s1. The van der Waals surface area contributed by atoms with Gasteiger partial charge in [0, 0.05) is 25.4 Å². The number of likely N-dealkylation sites (tertiary alicyclic amines) is 1. The SMILES string of the molecule is CN=CC1(C(=O)N2CC[C@]3(S(=O)(=O)c4ccc(F)cc4)c4ccc(C(F)(C(F)(F)F)C(F)(F)F)cc4CC[C@H]23)CCC1. The third kappa shape index (κ3) is 4.10. The van der Waals surface area contributed by atoms with Crippen LogP contribution in [-0.2, 0) is 31.5 Å². The lowest BCUT2D eigenvalue weighted by Gasteiger charge is -2.46. The third-order valence-corrected chi connectivity index (χ3v) is 11.5. The fraction of sp³-hybridized carbons (Fsp3) is 0.500. The van der Waals surface area contributed by atoms with E-state index in [1.807, 2.05) is 0 Å². The van der Waals surface area contributed by atoms with Crippen molar-refractivity contribution in [1.29, 1.82) is 0 Å². The summed E-state index contributed by atoms with van der Waals surface area (Å²) in [6.45, 7) is -0.0669. The number of aliphatic imine (C=N–C) groups is 1. The van der Waals surface area contributed by atoms with Gasteiger partial charge in [0.25, 0.3) is 0 Å². The molecule has 228 valence electrons. The molecule has 0 aromatic heterocycles. The summed E-state index contributed by atoms with van der Waals surface area (Å²) in [7, 11) is -3.04. The van der Waals surface area contributed by atoms with Crippen LogP contribution in [0.3, 0.4) is 0 Å². The Morgan fingerprint density at radius 1 is 0.976 bits per heavy atom. The maximum absolute atomic E-state index is 15.0. The van der Waals surface area contributed by atoms with Crippen LogP contribution < -0.4 is 0 Å². The number of rotatable bonds is 5. The van der Waals surface area contributed by atoms with Crippen LogP contribution in [0.25, 0.3) is 0 Å². The number of hydrogen-bond donors (Lipinski definition) is 0. The van der Waals surface area contributed by atoms with Crippen molar-refractivity contribution in [2.75, 3.05) is 13.6 Å². The first kappa shape index (κ1) is 30.4. The molecule has 3 aliphatic rings. The Balaban J connectivity index is 1.70. The lowest BCUT2D eigenvalue weighted by molar-refractivity contribution is -0.348. The van der Waals surface area contributed by atoms with Gasteiger partial charge in [0.05, 0.1) is 16.4 Å². The predicted molar refractivity (Wildman–Crippen MR) is 136 cm³/mol. The minimum absolute atomic E-state index is 0.0669. The average Bonchev–Trinajstić information content (AvgIpc) is 3.30. The summed E-state index contributed by atoms with van der Waals surface area (Å²) < 4.78 is 137. The van der Waals surface area contributed by atoms with E-state index < -0.39 is 55.4 Å². The van der Waals surface area contributed by atoms with Crippen LogP contribution in [0.2, 0.25) is 0 Å². The first-order valence-corrected chi connectivity index (χ1v) is 14.7. The molecule has 1 heterocycles. The largest absolute Gasteiger partial charge is 0.435 e. The van der Waals surface area contributed by atoms with Crippen LogP contribution in [0.4, 0.5) is 35.1 Å². The second-order valence-electron chi connectivity index (χ2n) is 11.1. The van der Waals surface area contributed by atoms with Gasteiger partial charge < -0.3 is 4.90 Å². The second kappa shape index (κ2) is 9.75. The molecule has 1 saturated carbocycles. The van der Waals surface area contributed by atoms with Gasteiger partial charge in [-0.15, -0.1) is 0 Å². The topological polar surface area (TPSA) is 66.8 Å². The van der Waals surface area contributed by atoms with Gasteiger partial charge in [0.1, 0.15) is 10.6 Å². The maximum Gasteiger partial charge on any atom is 0.435 e. The fourth-order valence-electron chi connectivity index (χ4n) is 6.79. The maximum atomic E-state index is 15.0. The monoisotopic (exact) mass is 622 g/mol. The Hall–Kier alpha value is -3.03. The molecule has 0 radical (unpaired) electrons. The summed E-state index contributed by atoms with van der Waals surface area (Å²) in [5.41, 5.74) is -8.66. The second-order valence-corrected chi connectivity index (χ2v) is 13.3. The molecule has 2 atom stereocenters. The number of carbonyl (C=O) groups is 1. The van der Waals surface area contributed by atoms with Crippen LogP contribution in [0.15, 0.2) is 52.4 Å².